The molecular formula is C21H27F2NO4. The Balaban J connectivity index is 2.00. The van der Waals surface area contributed by atoms with Crippen LogP contribution in [-0.2, 0) is 11.2 Å². The first-order chi connectivity index (χ1) is 13.2. The van der Waals surface area contributed by atoms with Gasteiger partial charge in [-0.3, -0.25) is 4.79 Å². The molecule has 1 aliphatic rings. The van der Waals surface area contributed by atoms with E-state index in [0.29, 0.717) is 12.8 Å². The van der Waals surface area contributed by atoms with Crippen molar-refractivity contribution in [2.75, 3.05) is 6.54 Å². The number of carboxylic acid groups (broad SMARTS) is 1. The second-order valence-electron chi connectivity index (χ2n) is 7.17. The second-order valence-corrected chi connectivity index (χ2v) is 7.17. The number of likely N-dealkylation sites (tertiary alicyclic amines) is 1. The van der Waals surface area contributed by atoms with Gasteiger partial charge in [0.1, 0.15) is 0 Å². The number of carbonyl (C=O) groups is 2. The number of aliphatic hydroxyl groups is 1. The van der Waals surface area contributed by atoms with Gasteiger partial charge in [0, 0.05) is 13.0 Å². The molecule has 0 saturated carbocycles. The summed E-state index contributed by atoms with van der Waals surface area (Å²) < 4.78 is 27.9. The van der Waals surface area contributed by atoms with E-state index in [2.05, 4.69) is 6.92 Å². The number of carbonyl (C=O) groups excluding carboxylic acids is 1. The molecule has 0 bridgehead atoms. The first-order valence-electron chi connectivity index (χ1n) is 9.62. The lowest BCUT2D eigenvalue weighted by atomic mass is 10.1. The summed E-state index contributed by atoms with van der Waals surface area (Å²) in [5.41, 5.74) is 0.903. The second kappa shape index (κ2) is 9.78. The minimum atomic E-state index is -3.41. The van der Waals surface area contributed by atoms with Crippen molar-refractivity contribution in [1.82, 2.24) is 4.90 Å². The first-order valence-corrected chi connectivity index (χ1v) is 9.62. The van der Waals surface area contributed by atoms with Crippen LogP contribution in [0.2, 0.25) is 0 Å². The quantitative estimate of drug-likeness (QED) is 0.468. The van der Waals surface area contributed by atoms with Crippen LogP contribution >= 0.6 is 0 Å². The number of amides is 1. The van der Waals surface area contributed by atoms with Gasteiger partial charge in [-0.15, -0.1) is 0 Å². The topological polar surface area (TPSA) is 77.8 Å². The van der Waals surface area contributed by atoms with E-state index >= 15 is 0 Å². The molecule has 1 heterocycles. The van der Waals surface area contributed by atoms with Crippen molar-refractivity contribution in [2.24, 2.45) is 0 Å². The third-order valence-electron chi connectivity index (χ3n) is 4.94. The Morgan fingerprint density at radius 1 is 1.32 bits per heavy atom. The standard InChI is InChI=1S/C21H27F2NO4/c1-2-3-4-5-18(25)11-10-17-14-21(22,23)20(28)24(17)13-12-15-6-8-16(9-7-15)19(26)27/h6-11,17-18,25H,2-5,12-14H2,1H3,(H,26,27)/t17-,18?/m0/s1. The summed E-state index contributed by atoms with van der Waals surface area (Å²) in [6.07, 6.45) is 5.49. The van der Waals surface area contributed by atoms with E-state index in [9.17, 15) is 23.5 Å². The molecule has 1 aliphatic heterocycles. The molecule has 28 heavy (non-hydrogen) atoms. The molecule has 154 valence electrons. The molecule has 1 saturated heterocycles. The number of hydrogen-bond donors (Lipinski definition) is 2. The van der Waals surface area contributed by atoms with E-state index in [1.54, 1.807) is 12.1 Å². The van der Waals surface area contributed by atoms with Crippen molar-refractivity contribution in [3.8, 4) is 0 Å². The van der Waals surface area contributed by atoms with Gasteiger partial charge in [-0.1, -0.05) is 50.5 Å². The van der Waals surface area contributed by atoms with Crippen LogP contribution in [0.15, 0.2) is 36.4 Å². The first kappa shape index (κ1) is 22.0. The Bertz CT molecular complexity index is 703. The van der Waals surface area contributed by atoms with Crippen molar-refractivity contribution in [3.63, 3.8) is 0 Å². The smallest absolute Gasteiger partial charge is 0.335 e. The number of halogens is 2. The van der Waals surface area contributed by atoms with E-state index in [1.165, 1.54) is 24.3 Å². The monoisotopic (exact) mass is 395 g/mol. The Labute approximate surface area is 163 Å². The van der Waals surface area contributed by atoms with Crippen LogP contribution in [0.25, 0.3) is 0 Å². The van der Waals surface area contributed by atoms with Crippen molar-refractivity contribution < 1.29 is 28.6 Å². The van der Waals surface area contributed by atoms with Crippen molar-refractivity contribution in [2.45, 2.75) is 63.5 Å². The third kappa shape index (κ3) is 5.86. The van der Waals surface area contributed by atoms with Crippen LogP contribution in [-0.4, -0.2) is 51.6 Å². The maximum absolute atomic E-state index is 13.9. The van der Waals surface area contributed by atoms with Crippen molar-refractivity contribution in [3.05, 3.63) is 47.5 Å². The highest BCUT2D eigenvalue weighted by molar-refractivity contribution is 5.87. The number of aromatic carboxylic acids is 1. The summed E-state index contributed by atoms with van der Waals surface area (Å²) >= 11 is 0. The molecule has 0 spiro atoms. The van der Waals surface area contributed by atoms with Crippen LogP contribution < -0.4 is 0 Å². The van der Waals surface area contributed by atoms with Crippen LogP contribution in [0.4, 0.5) is 8.78 Å². The fourth-order valence-corrected chi connectivity index (χ4v) is 3.28. The highest BCUT2D eigenvalue weighted by atomic mass is 19.3. The predicted molar refractivity (Wildman–Crippen MR) is 101 cm³/mol. The lowest BCUT2D eigenvalue weighted by Gasteiger charge is -2.22. The van der Waals surface area contributed by atoms with E-state index in [1.807, 2.05) is 0 Å². The lowest BCUT2D eigenvalue weighted by Crippen LogP contribution is -2.37. The number of unbranched alkanes of at least 4 members (excludes halogenated alkanes) is 2. The summed E-state index contributed by atoms with van der Waals surface area (Å²) in [5.74, 6) is -5.65. The molecule has 0 aliphatic carbocycles. The Hall–Kier alpha value is -2.28. The van der Waals surface area contributed by atoms with E-state index in [4.69, 9.17) is 5.11 Å². The molecular weight excluding hydrogens is 368 g/mol. The molecule has 0 radical (unpaired) electrons. The van der Waals surface area contributed by atoms with Gasteiger partial charge in [-0.05, 0) is 30.5 Å². The summed E-state index contributed by atoms with van der Waals surface area (Å²) in [6, 6.07) is 5.36. The minimum absolute atomic E-state index is 0.0990. The number of alkyl halides is 2. The number of hydrogen-bond acceptors (Lipinski definition) is 3. The van der Waals surface area contributed by atoms with Crippen LogP contribution in [0, 0.1) is 0 Å². The number of benzene rings is 1. The van der Waals surface area contributed by atoms with Gasteiger partial charge in [0.25, 0.3) is 5.91 Å². The van der Waals surface area contributed by atoms with Crippen LogP contribution in [0.3, 0.4) is 0 Å². The molecule has 2 atom stereocenters. The predicted octanol–water partition coefficient (Wildman–Crippen LogP) is 3.66. The zero-order valence-corrected chi connectivity index (χ0v) is 16.0. The van der Waals surface area contributed by atoms with Crippen LogP contribution in [0.5, 0.6) is 0 Å². The van der Waals surface area contributed by atoms with Gasteiger partial charge in [0.05, 0.1) is 17.7 Å². The third-order valence-corrected chi connectivity index (χ3v) is 4.94. The molecule has 7 heteroatoms. The fraction of sp³-hybridized carbons (Fsp3) is 0.524. The highest BCUT2D eigenvalue weighted by Gasteiger charge is 2.52. The molecule has 1 aromatic rings. The zero-order chi connectivity index (χ0) is 20.7. The molecule has 1 unspecified atom stereocenters. The highest BCUT2D eigenvalue weighted by Crippen LogP contribution is 2.34. The SMILES string of the molecule is CCCCCC(O)C=C[C@H]1CC(F)(F)C(=O)N1CCc1ccc(C(=O)O)cc1. The molecule has 0 aromatic heterocycles. The number of aliphatic hydroxyl groups excluding tert-OH is 1. The fourth-order valence-electron chi connectivity index (χ4n) is 3.28. The number of nitrogens with zero attached hydrogens (tertiary/aromatic N) is 1. The van der Waals surface area contributed by atoms with Crippen molar-refractivity contribution in [1.29, 1.82) is 0 Å². The molecule has 1 amide bonds. The van der Waals surface area contributed by atoms with Gasteiger partial charge in [0.15, 0.2) is 0 Å². The molecule has 1 aromatic carbocycles. The Morgan fingerprint density at radius 3 is 2.61 bits per heavy atom. The molecule has 2 rings (SSSR count). The molecule has 5 nitrogen and oxygen atoms in total. The summed E-state index contributed by atoms with van der Waals surface area (Å²) in [5, 5.41) is 18.9. The zero-order valence-electron chi connectivity index (χ0n) is 16.0. The Morgan fingerprint density at radius 2 is 2.00 bits per heavy atom. The number of carboxylic acids is 1. The maximum atomic E-state index is 13.9. The van der Waals surface area contributed by atoms with Gasteiger partial charge in [-0.2, -0.15) is 8.78 Å². The average Bonchev–Trinajstić information content (AvgIpc) is 2.87. The van der Waals surface area contributed by atoms with Gasteiger partial charge < -0.3 is 15.1 Å². The average molecular weight is 395 g/mol. The minimum Gasteiger partial charge on any atom is -0.478 e. The van der Waals surface area contributed by atoms with E-state index < -0.39 is 36.4 Å². The Kier molecular flexibility index (Phi) is 7.69. The van der Waals surface area contributed by atoms with Gasteiger partial charge >= 0.3 is 11.9 Å². The maximum Gasteiger partial charge on any atom is 0.335 e. The van der Waals surface area contributed by atoms with E-state index in [0.717, 1.165) is 29.7 Å². The van der Waals surface area contributed by atoms with Gasteiger partial charge in [0.2, 0.25) is 0 Å². The number of rotatable bonds is 10. The normalized spacial score (nSPS) is 20.1. The van der Waals surface area contributed by atoms with Crippen molar-refractivity contribution >= 4 is 11.9 Å². The molecule has 2 N–H and O–H groups in total. The largest absolute Gasteiger partial charge is 0.478 e. The summed E-state index contributed by atoms with van der Waals surface area (Å²) in [4.78, 5) is 24.1. The molecule has 1 fully saturated rings. The summed E-state index contributed by atoms with van der Waals surface area (Å²) in [7, 11) is 0. The van der Waals surface area contributed by atoms with Crippen LogP contribution in [0.1, 0.15) is 54.9 Å². The summed E-state index contributed by atoms with van der Waals surface area (Å²) in [6.45, 7) is 2.16. The van der Waals surface area contributed by atoms with E-state index in [-0.39, 0.29) is 12.1 Å². The lowest BCUT2D eigenvalue weighted by molar-refractivity contribution is -0.148. The van der Waals surface area contributed by atoms with Gasteiger partial charge in [-0.25, -0.2) is 4.79 Å².